The van der Waals surface area contributed by atoms with Gasteiger partial charge in [-0.3, -0.25) is 0 Å². The summed E-state index contributed by atoms with van der Waals surface area (Å²) in [5, 5.41) is 8.75. The van der Waals surface area contributed by atoms with Crippen LogP contribution >= 0.6 is 0 Å². The van der Waals surface area contributed by atoms with Crippen molar-refractivity contribution in [3.63, 3.8) is 0 Å². The Hall–Kier alpha value is -1.13. The molecule has 1 rings (SSSR count). The lowest BCUT2D eigenvalue weighted by atomic mass is 10.1. The number of pyridine rings is 1. The molecule has 0 saturated heterocycles. The number of rotatable bonds is 4. The molecule has 0 unspecified atom stereocenters. The average Bonchev–Trinajstić information content (AvgIpc) is 2.18. The lowest BCUT2D eigenvalue weighted by molar-refractivity contribution is 0.304. The van der Waals surface area contributed by atoms with Crippen LogP contribution in [0.1, 0.15) is 18.5 Å². The van der Waals surface area contributed by atoms with Gasteiger partial charge in [0.2, 0.25) is 0 Å². The topological polar surface area (TPSA) is 62.4 Å². The van der Waals surface area contributed by atoms with Gasteiger partial charge in [-0.1, -0.05) is 6.07 Å². The molecule has 0 amide bonds. The van der Waals surface area contributed by atoms with Crippen LogP contribution < -0.4 is 10.6 Å². The summed E-state index contributed by atoms with van der Waals surface area (Å²) in [7, 11) is 1.89. The molecule has 78 valence electrons. The van der Waals surface area contributed by atoms with E-state index in [1.54, 1.807) is 6.20 Å². The van der Waals surface area contributed by atoms with Crippen molar-refractivity contribution in [1.82, 2.24) is 4.98 Å². The monoisotopic (exact) mass is 195 g/mol. The number of hydrogen-bond donors (Lipinski definition) is 2. The van der Waals surface area contributed by atoms with Crippen LogP contribution in [-0.4, -0.2) is 30.3 Å². The van der Waals surface area contributed by atoms with Gasteiger partial charge in [-0.15, -0.1) is 0 Å². The highest BCUT2D eigenvalue weighted by molar-refractivity contribution is 5.38. The van der Waals surface area contributed by atoms with Crippen LogP contribution in [0, 0.1) is 0 Å². The maximum absolute atomic E-state index is 8.75. The first kappa shape index (κ1) is 10.9. The van der Waals surface area contributed by atoms with Gasteiger partial charge in [-0.05, 0) is 18.6 Å². The Morgan fingerprint density at radius 3 is 2.71 bits per heavy atom. The molecule has 1 heterocycles. The molecule has 1 aromatic heterocycles. The van der Waals surface area contributed by atoms with Crippen molar-refractivity contribution in [2.75, 3.05) is 25.1 Å². The minimum atomic E-state index is 0.0136. The van der Waals surface area contributed by atoms with Crippen molar-refractivity contribution in [3.8, 4) is 0 Å². The first-order valence-corrected chi connectivity index (χ1v) is 4.68. The SMILES string of the molecule is C[C@@H](N)c1ccc(N(C)CCO)nc1. The lowest BCUT2D eigenvalue weighted by Gasteiger charge is -2.17. The van der Waals surface area contributed by atoms with E-state index >= 15 is 0 Å². The second-order valence-electron chi connectivity index (χ2n) is 3.38. The zero-order valence-electron chi connectivity index (χ0n) is 8.64. The number of nitrogens with zero attached hydrogens (tertiary/aromatic N) is 2. The second kappa shape index (κ2) is 4.93. The Kier molecular flexibility index (Phi) is 3.85. The zero-order valence-corrected chi connectivity index (χ0v) is 8.64. The van der Waals surface area contributed by atoms with Gasteiger partial charge >= 0.3 is 0 Å². The van der Waals surface area contributed by atoms with Crippen LogP contribution in [0.3, 0.4) is 0 Å². The van der Waals surface area contributed by atoms with Crippen LogP contribution in [0.5, 0.6) is 0 Å². The van der Waals surface area contributed by atoms with E-state index in [1.165, 1.54) is 0 Å². The van der Waals surface area contributed by atoms with E-state index in [0.29, 0.717) is 6.54 Å². The lowest BCUT2D eigenvalue weighted by Crippen LogP contribution is -2.22. The molecule has 1 aromatic rings. The quantitative estimate of drug-likeness (QED) is 0.735. The third kappa shape index (κ3) is 2.68. The summed E-state index contributed by atoms with van der Waals surface area (Å²) < 4.78 is 0. The van der Waals surface area contributed by atoms with Crippen molar-refractivity contribution in [1.29, 1.82) is 0 Å². The highest BCUT2D eigenvalue weighted by Gasteiger charge is 2.03. The Labute approximate surface area is 84.4 Å². The maximum Gasteiger partial charge on any atom is 0.128 e. The van der Waals surface area contributed by atoms with E-state index in [1.807, 2.05) is 31.0 Å². The Morgan fingerprint density at radius 1 is 1.57 bits per heavy atom. The molecular formula is C10H17N3O. The molecule has 0 aliphatic carbocycles. The number of aliphatic hydroxyl groups excluding tert-OH is 1. The van der Waals surface area contributed by atoms with Crippen molar-refractivity contribution < 1.29 is 5.11 Å². The zero-order chi connectivity index (χ0) is 10.6. The Balaban J connectivity index is 2.72. The average molecular weight is 195 g/mol. The predicted octanol–water partition coefficient (Wildman–Crippen LogP) is 0.530. The summed E-state index contributed by atoms with van der Waals surface area (Å²) in [5.74, 6) is 0.850. The fraction of sp³-hybridized carbons (Fsp3) is 0.500. The van der Waals surface area contributed by atoms with E-state index in [0.717, 1.165) is 11.4 Å². The van der Waals surface area contributed by atoms with E-state index in [-0.39, 0.29) is 12.6 Å². The van der Waals surface area contributed by atoms with Gasteiger partial charge in [0.25, 0.3) is 0 Å². The van der Waals surface area contributed by atoms with Crippen LogP contribution in [-0.2, 0) is 0 Å². The summed E-state index contributed by atoms with van der Waals surface area (Å²) >= 11 is 0. The minimum Gasteiger partial charge on any atom is -0.395 e. The Bertz CT molecular complexity index is 271. The molecule has 0 aliphatic rings. The molecule has 0 radical (unpaired) electrons. The molecule has 4 nitrogen and oxygen atoms in total. The summed E-state index contributed by atoms with van der Waals surface area (Å²) in [6.45, 7) is 2.64. The standard InChI is InChI=1S/C10H17N3O/c1-8(11)9-3-4-10(12-7-9)13(2)5-6-14/h3-4,7-8,14H,5-6,11H2,1-2H3/t8-/m1/s1. The molecule has 14 heavy (non-hydrogen) atoms. The number of anilines is 1. The molecule has 0 saturated carbocycles. The predicted molar refractivity (Wildman–Crippen MR) is 57.2 cm³/mol. The van der Waals surface area contributed by atoms with E-state index in [9.17, 15) is 0 Å². The molecule has 0 bridgehead atoms. The van der Waals surface area contributed by atoms with Crippen molar-refractivity contribution in [2.45, 2.75) is 13.0 Å². The van der Waals surface area contributed by atoms with Gasteiger partial charge in [0.05, 0.1) is 6.61 Å². The van der Waals surface area contributed by atoms with Gasteiger partial charge in [0.1, 0.15) is 5.82 Å². The maximum atomic E-state index is 8.75. The van der Waals surface area contributed by atoms with Crippen molar-refractivity contribution >= 4 is 5.82 Å². The second-order valence-corrected chi connectivity index (χ2v) is 3.38. The third-order valence-electron chi connectivity index (χ3n) is 2.12. The van der Waals surface area contributed by atoms with Crippen LogP contribution in [0.4, 0.5) is 5.82 Å². The van der Waals surface area contributed by atoms with Crippen LogP contribution in [0.2, 0.25) is 0 Å². The highest BCUT2D eigenvalue weighted by Crippen LogP contribution is 2.12. The van der Waals surface area contributed by atoms with Gasteiger partial charge in [-0.2, -0.15) is 0 Å². The first-order valence-electron chi connectivity index (χ1n) is 4.68. The number of hydrogen-bond acceptors (Lipinski definition) is 4. The fourth-order valence-corrected chi connectivity index (χ4v) is 1.16. The molecule has 3 N–H and O–H groups in total. The van der Waals surface area contributed by atoms with Crippen molar-refractivity contribution in [2.24, 2.45) is 5.73 Å². The van der Waals surface area contributed by atoms with Crippen LogP contribution in [0.25, 0.3) is 0 Å². The normalized spacial score (nSPS) is 12.6. The number of likely N-dealkylation sites (N-methyl/N-ethyl adjacent to an activating group) is 1. The van der Waals surface area contributed by atoms with Gasteiger partial charge in [0, 0.05) is 25.8 Å². The molecule has 0 fully saturated rings. The number of aromatic nitrogens is 1. The Morgan fingerprint density at radius 2 is 2.29 bits per heavy atom. The molecule has 1 atom stereocenters. The summed E-state index contributed by atoms with van der Waals surface area (Å²) in [4.78, 5) is 6.15. The number of nitrogens with two attached hydrogens (primary N) is 1. The number of aliphatic hydroxyl groups is 1. The largest absolute Gasteiger partial charge is 0.395 e. The van der Waals surface area contributed by atoms with E-state index < -0.39 is 0 Å². The molecule has 4 heteroatoms. The van der Waals surface area contributed by atoms with Crippen LogP contribution in [0.15, 0.2) is 18.3 Å². The summed E-state index contributed by atoms with van der Waals surface area (Å²) in [6.07, 6.45) is 1.77. The highest BCUT2D eigenvalue weighted by atomic mass is 16.3. The van der Waals surface area contributed by atoms with Gasteiger partial charge in [0.15, 0.2) is 0 Å². The van der Waals surface area contributed by atoms with Gasteiger partial charge < -0.3 is 15.7 Å². The third-order valence-corrected chi connectivity index (χ3v) is 2.12. The minimum absolute atomic E-state index is 0.0136. The first-order chi connectivity index (χ1) is 6.65. The van der Waals surface area contributed by atoms with Crippen molar-refractivity contribution in [3.05, 3.63) is 23.9 Å². The molecular weight excluding hydrogens is 178 g/mol. The fourth-order valence-electron chi connectivity index (χ4n) is 1.16. The molecule has 0 aromatic carbocycles. The molecule has 0 spiro atoms. The van der Waals surface area contributed by atoms with Gasteiger partial charge in [-0.25, -0.2) is 4.98 Å². The van der Waals surface area contributed by atoms with E-state index in [4.69, 9.17) is 10.8 Å². The smallest absolute Gasteiger partial charge is 0.128 e. The summed E-state index contributed by atoms with van der Waals surface area (Å²) in [6, 6.07) is 3.88. The summed E-state index contributed by atoms with van der Waals surface area (Å²) in [5.41, 5.74) is 6.72. The van der Waals surface area contributed by atoms with E-state index in [2.05, 4.69) is 4.98 Å². The molecule has 0 aliphatic heterocycles.